The van der Waals surface area contributed by atoms with Crippen LogP contribution in [0.25, 0.3) is 11.3 Å². The molecule has 3 aromatic rings. The fourth-order valence-electron chi connectivity index (χ4n) is 3.26. The third kappa shape index (κ3) is 2.79. The maximum atomic E-state index is 12.9. The van der Waals surface area contributed by atoms with E-state index in [-0.39, 0.29) is 5.91 Å². The molecule has 0 N–H and O–H groups in total. The molecule has 1 aromatic heterocycles. The summed E-state index contributed by atoms with van der Waals surface area (Å²) < 4.78 is 1.15. The van der Waals surface area contributed by atoms with Gasteiger partial charge in [-0.3, -0.25) is 4.79 Å². The number of anilines is 1. The molecule has 130 valence electrons. The first kappa shape index (κ1) is 16.2. The van der Waals surface area contributed by atoms with Gasteiger partial charge >= 0.3 is 5.69 Å². The van der Waals surface area contributed by atoms with Crippen LogP contribution in [0, 0.1) is 0 Å². The van der Waals surface area contributed by atoms with E-state index in [0.717, 1.165) is 27.9 Å². The van der Waals surface area contributed by atoms with Gasteiger partial charge < -0.3 is 4.90 Å². The molecule has 0 saturated carbocycles. The molecule has 0 fully saturated rings. The number of rotatable bonds is 3. The fraction of sp³-hybridized carbons (Fsp3) is 0.200. The van der Waals surface area contributed by atoms with Gasteiger partial charge in [0.25, 0.3) is 5.91 Å². The molecule has 6 nitrogen and oxygen atoms in total. The summed E-state index contributed by atoms with van der Waals surface area (Å²) in [5.74, 6) is -0.154. The highest BCUT2D eigenvalue weighted by atomic mass is 16.2. The molecule has 0 radical (unpaired) electrons. The molecule has 2 aromatic carbocycles. The number of para-hydroxylation sites is 1. The number of benzene rings is 2. The molecule has 0 saturated heterocycles. The number of hydrogen-bond donors (Lipinski definition) is 0. The second-order valence-corrected chi connectivity index (χ2v) is 6.28. The number of nitrogens with zero attached hydrogens (tertiary/aromatic N) is 4. The predicted molar refractivity (Wildman–Crippen MR) is 98.9 cm³/mol. The van der Waals surface area contributed by atoms with Gasteiger partial charge in [0, 0.05) is 17.8 Å². The highest BCUT2D eigenvalue weighted by Gasteiger charge is 2.29. The van der Waals surface area contributed by atoms with Crippen LogP contribution in [0.15, 0.2) is 65.6 Å². The Morgan fingerprint density at radius 2 is 1.81 bits per heavy atom. The first-order chi connectivity index (χ1) is 12.6. The summed E-state index contributed by atoms with van der Waals surface area (Å²) in [7, 11) is 0. The van der Waals surface area contributed by atoms with Crippen molar-refractivity contribution in [3.63, 3.8) is 0 Å². The van der Waals surface area contributed by atoms with E-state index in [2.05, 4.69) is 10.1 Å². The van der Waals surface area contributed by atoms with Gasteiger partial charge in [-0.1, -0.05) is 48.5 Å². The lowest BCUT2D eigenvalue weighted by atomic mass is 10.2. The minimum Gasteiger partial charge on any atom is -0.310 e. The zero-order valence-corrected chi connectivity index (χ0v) is 14.4. The molecular formula is C20H18N4O2. The highest BCUT2D eigenvalue weighted by molar-refractivity contribution is 5.97. The average Bonchev–Trinajstić information content (AvgIpc) is 3.11. The Bertz CT molecular complexity index is 1010. The molecule has 0 aliphatic carbocycles. The average molecular weight is 346 g/mol. The maximum absolute atomic E-state index is 12.9. The fourth-order valence-corrected chi connectivity index (χ4v) is 3.26. The van der Waals surface area contributed by atoms with Crippen molar-refractivity contribution in [1.82, 2.24) is 14.8 Å². The molecule has 6 heteroatoms. The van der Waals surface area contributed by atoms with Crippen LogP contribution in [-0.2, 0) is 11.2 Å². The number of carbonyl (C=O) groups is 1. The van der Waals surface area contributed by atoms with Crippen molar-refractivity contribution < 1.29 is 4.79 Å². The summed E-state index contributed by atoms with van der Waals surface area (Å²) in [5, 5.41) is 4.20. The molecule has 1 aliphatic rings. The van der Waals surface area contributed by atoms with Crippen LogP contribution in [0.2, 0.25) is 0 Å². The summed E-state index contributed by atoms with van der Waals surface area (Å²) in [6.45, 7) is 2.30. The Morgan fingerprint density at radius 1 is 1.08 bits per heavy atom. The van der Waals surface area contributed by atoms with Gasteiger partial charge in [-0.2, -0.15) is 10.1 Å². The third-order valence-electron chi connectivity index (χ3n) is 4.66. The number of hydrogen-bond acceptors (Lipinski definition) is 4. The van der Waals surface area contributed by atoms with E-state index in [9.17, 15) is 9.59 Å². The smallest absolute Gasteiger partial charge is 0.310 e. The molecule has 1 amide bonds. The lowest BCUT2D eigenvalue weighted by Crippen LogP contribution is -2.40. The second kappa shape index (κ2) is 6.55. The van der Waals surface area contributed by atoms with Gasteiger partial charge in [0.15, 0.2) is 0 Å². The highest BCUT2D eigenvalue weighted by Crippen LogP contribution is 2.29. The van der Waals surface area contributed by atoms with E-state index in [0.29, 0.717) is 12.2 Å². The summed E-state index contributed by atoms with van der Waals surface area (Å²) in [5.41, 5.74) is 2.84. The van der Waals surface area contributed by atoms with E-state index < -0.39 is 11.7 Å². The second-order valence-electron chi connectivity index (χ2n) is 6.28. The quantitative estimate of drug-likeness (QED) is 0.730. The molecule has 1 atom stereocenters. The van der Waals surface area contributed by atoms with Crippen LogP contribution >= 0.6 is 0 Å². The Balaban J connectivity index is 1.62. The molecule has 4 rings (SSSR count). The van der Waals surface area contributed by atoms with Crippen LogP contribution in [0.5, 0.6) is 0 Å². The number of amides is 1. The maximum Gasteiger partial charge on any atom is 0.365 e. The van der Waals surface area contributed by atoms with Crippen molar-refractivity contribution in [3.8, 4) is 11.3 Å². The Hall–Kier alpha value is -3.28. The summed E-state index contributed by atoms with van der Waals surface area (Å²) >= 11 is 0. The predicted octanol–water partition coefficient (Wildman–Crippen LogP) is 2.46. The summed E-state index contributed by atoms with van der Waals surface area (Å²) in [4.78, 5) is 31.2. The number of aromatic nitrogens is 3. The molecule has 26 heavy (non-hydrogen) atoms. The minimum atomic E-state index is -0.717. The first-order valence-corrected chi connectivity index (χ1v) is 8.56. The standard InChI is InChI=1S/C20H18N4O2/c1-14(19(25)23-12-11-16-9-5-6-10-18(16)23)24-20(26)22-17(13-21-24)15-7-3-2-4-8-15/h2-10,13-14H,11-12H2,1H3/t14-/m0/s1. The summed E-state index contributed by atoms with van der Waals surface area (Å²) in [6, 6.07) is 16.5. The van der Waals surface area contributed by atoms with Crippen molar-refractivity contribution >= 4 is 11.6 Å². The van der Waals surface area contributed by atoms with Crippen molar-refractivity contribution in [2.45, 2.75) is 19.4 Å². The molecule has 0 unspecified atom stereocenters. The van der Waals surface area contributed by atoms with Crippen LogP contribution in [-0.4, -0.2) is 27.2 Å². The third-order valence-corrected chi connectivity index (χ3v) is 4.66. The van der Waals surface area contributed by atoms with Crippen molar-refractivity contribution in [1.29, 1.82) is 0 Å². The van der Waals surface area contributed by atoms with E-state index in [1.54, 1.807) is 11.8 Å². The minimum absolute atomic E-state index is 0.154. The lowest BCUT2D eigenvalue weighted by Gasteiger charge is -2.22. The molecule has 0 bridgehead atoms. The van der Waals surface area contributed by atoms with Gasteiger partial charge in [-0.15, -0.1) is 0 Å². The van der Waals surface area contributed by atoms with Crippen molar-refractivity contribution in [2.24, 2.45) is 0 Å². The molecule has 0 spiro atoms. The largest absolute Gasteiger partial charge is 0.365 e. The monoisotopic (exact) mass is 346 g/mol. The van der Waals surface area contributed by atoms with Gasteiger partial charge in [-0.25, -0.2) is 9.48 Å². The van der Waals surface area contributed by atoms with Crippen LogP contribution < -0.4 is 10.6 Å². The van der Waals surface area contributed by atoms with E-state index in [1.165, 1.54) is 6.20 Å². The van der Waals surface area contributed by atoms with Crippen LogP contribution in [0.1, 0.15) is 18.5 Å². The zero-order chi connectivity index (χ0) is 18.1. The van der Waals surface area contributed by atoms with Crippen molar-refractivity contribution in [3.05, 3.63) is 76.8 Å². The Labute approximate surface area is 150 Å². The number of carbonyl (C=O) groups excluding carboxylic acids is 1. The van der Waals surface area contributed by atoms with E-state index in [4.69, 9.17) is 0 Å². The Kier molecular flexibility index (Phi) is 4.08. The van der Waals surface area contributed by atoms with E-state index >= 15 is 0 Å². The molecular weight excluding hydrogens is 328 g/mol. The van der Waals surface area contributed by atoms with Crippen LogP contribution in [0.3, 0.4) is 0 Å². The molecule has 2 heterocycles. The normalized spacial score (nSPS) is 14.1. The van der Waals surface area contributed by atoms with Crippen molar-refractivity contribution in [2.75, 3.05) is 11.4 Å². The van der Waals surface area contributed by atoms with Gasteiger partial charge in [0.1, 0.15) is 6.04 Å². The summed E-state index contributed by atoms with van der Waals surface area (Å²) in [6.07, 6.45) is 2.35. The van der Waals surface area contributed by atoms with Gasteiger partial charge in [-0.05, 0) is 25.0 Å². The SMILES string of the molecule is C[C@@H](C(=O)N1CCc2ccccc21)n1ncc(-c2ccccc2)nc1=O. The molecule has 1 aliphatic heterocycles. The Morgan fingerprint density at radius 3 is 2.58 bits per heavy atom. The lowest BCUT2D eigenvalue weighted by molar-refractivity contribution is -0.121. The zero-order valence-electron chi connectivity index (χ0n) is 14.4. The number of fused-ring (bicyclic) bond motifs is 1. The topological polar surface area (TPSA) is 68.1 Å². The first-order valence-electron chi connectivity index (χ1n) is 8.56. The van der Waals surface area contributed by atoms with Crippen LogP contribution in [0.4, 0.5) is 5.69 Å². The van der Waals surface area contributed by atoms with Gasteiger partial charge in [0.2, 0.25) is 0 Å². The van der Waals surface area contributed by atoms with Gasteiger partial charge in [0.05, 0.1) is 11.9 Å². The van der Waals surface area contributed by atoms with E-state index in [1.807, 2.05) is 54.6 Å².